The molecule has 0 fully saturated rings. The van der Waals surface area contributed by atoms with E-state index in [1.807, 2.05) is 0 Å². The van der Waals surface area contributed by atoms with Crippen LogP contribution in [0.1, 0.15) is 16.1 Å². The van der Waals surface area contributed by atoms with Gasteiger partial charge in [-0.05, 0) is 40.2 Å². The molecule has 0 bridgehead atoms. The first-order valence-corrected chi connectivity index (χ1v) is 5.82. The molecular weight excluding hydrogens is 298 g/mol. The van der Waals surface area contributed by atoms with Crippen LogP contribution < -0.4 is 4.74 Å². The Labute approximate surface area is 112 Å². The lowest BCUT2D eigenvalue weighted by Gasteiger charge is -2.07. The third-order valence-electron chi connectivity index (χ3n) is 2.42. The topological polar surface area (TPSA) is 63.2 Å². The number of methoxy groups -OCH3 is 1. The van der Waals surface area contributed by atoms with Crippen LogP contribution in [0.4, 0.5) is 0 Å². The molecule has 0 radical (unpaired) electrons. The van der Waals surface area contributed by atoms with Gasteiger partial charge in [-0.2, -0.15) is 5.26 Å². The molecule has 1 heterocycles. The summed E-state index contributed by atoms with van der Waals surface area (Å²) in [6, 6.07) is 8.62. The lowest BCUT2D eigenvalue weighted by Crippen LogP contribution is -1.89. The van der Waals surface area contributed by atoms with Crippen molar-refractivity contribution in [1.82, 2.24) is 0 Å². The predicted molar refractivity (Wildman–Crippen MR) is 68.5 cm³/mol. The lowest BCUT2D eigenvalue weighted by molar-refractivity contribution is 0.110. The second-order valence-corrected chi connectivity index (χ2v) is 4.32. The van der Waals surface area contributed by atoms with Crippen LogP contribution in [0.3, 0.4) is 0 Å². The number of furan rings is 1. The predicted octanol–water partition coefficient (Wildman–Crippen LogP) is 3.40. The second kappa shape index (κ2) is 5.07. The summed E-state index contributed by atoms with van der Waals surface area (Å²) < 4.78 is 11.2. The maximum Gasteiger partial charge on any atom is 0.185 e. The van der Waals surface area contributed by atoms with Gasteiger partial charge in [0.05, 0.1) is 23.2 Å². The van der Waals surface area contributed by atoms with Crippen LogP contribution >= 0.6 is 15.9 Å². The number of nitrogens with zero attached hydrogens (tertiary/aromatic N) is 1. The van der Waals surface area contributed by atoms with Crippen LogP contribution in [0.25, 0.3) is 11.3 Å². The van der Waals surface area contributed by atoms with Gasteiger partial charge in [-0.1, -0.05) is 0 Å². The Morgan fingerprint density at radius 1 is 1.44 bits per heavy atom. The molecule has 5 heteroatoms. The standard InChI is InChI=1S/C13H8BrNO3/c1-17-13-5-10(8(6-15)4-11(13)14)12-3-2-9(7-16)18-12/h2-5,7H,1H3. The van der Waals surface area contributed by atoms with Crippen molar-refractivity contribution >= 4 is 22.2 Å². The third kappa shape index (κ3) is 2.15. The minimum atomic E-state index is 0.218. The highest BCUT2D eigenvalue weighted by Crippen LogP contribution is 2.34. The fourth-order valence-electron chi connectivity index (χ4n) is 1.57. The van der Waals surface area contributed by atoms with Crippen molar-refractivity contribution in [1.29, 1.82) is 5.26 Å². The summed E-state index contributed by atoms with van der Waals surface area (Å²) in [7, 11) is 1.54. The molecule has 0 amide bonds. The van der Waals surface area contributed by atoms with Crippen LogP contribution in [0.5, 0.6) is 5.75 Å². The van der Waals surface area contributed by atoms with E-state index in [-0.39, 0.29) is 5.76 Å². The highest BCUT2D eigenvalue weighted by Gasteiger charge is 2.13. The molecule has 4 nitrogen and oxygen atoms in total. The summed E-state index contributed by atoms with van der Waals surface area (Å²) in [6.45, 7) is 0. The quantitative estimate of drug-likeness (QED) is 0.815. The van der Waals surface area contributed by atoms with Crippen molar-refractivity contribution in [3.8, 4) is 23.1 Å². The Morgan fingerprint density at radius 2 is 2.22 bits per heavy atom. The molecular formula is C13H8BrNO3. The largest absolute Gasteiger partial charge is 0.496 e. The number of carbonyl (C=O) groups is 1. The molecule has 2 aromatic rings. The van der Waals surface area contributed by atoms with E-state index in [2.05, 4.69) is 22.0 Å². The molecule has 2 rings (SSSR count). The van der Waals surface area contributed by atoms with Gasteiger partial charge in [-0.15, -0.1) is 0 Å². The van der Waals surface area contributed by atoms with Gasteiger partial charge in [0.2, 0.25) is 0 Å². The maximum atomic E-state index is 10.6. The van der Waals surface area contributed by atoms with Crippen molar-refractivity contribution in [3.63, 3.8) is 0 Å². The SMILES string of the molecule is COc1cc(-c2ccc(C=O)o2)c(C#N)cc1Br. The molecule has 0 aliphatic carbocycles. The van der Waals surface area contributed by atoms with Gasteiger partial charge in [0, 0.05) is 5.56 Å². The number of rotatable bonds is 3. The molecule has 90 valence electrons. The Balaban J connectivity index is 2.62. The van der Waals surface area contributed by atoms with E-state index in [1.54, 1.807) is 24.3 Å². The molecule has 0 unspecified atom stereocenters. The highest BCUT2D eigenvalue weighted by molar-refractivity contribution is 9.10. The van der Waals surface area contributed by atoms with Crippen LogP contribution in [0.15, 0.2) is 33.2 Å². The lowest BCUT2D eigenvalue weighted by atomic mass is 10.1. The van der Waals surface area contributed by atoms with Crippen LogP contribution in [0, 0.1) is 11.3 Å². The second-order valence-electron chi connectivity index (χ2n) is 3.46. The minimum Gasteiger partial charge on any atom is -0.496 e. The number of hydrogen-bond donors (Lipinski definition) is 0. The summed E-state index contributed by atoms with van der Waals surface area (Å²) in [5, 5.41) is 9.11. The zero-order valence-corrected chi connectivity index (χ0v) is 11.0. The summed E-state index contributed by atoms with van der Waals surface area (Å²) in [6.07, 6.45) is 0.617. The number of nitriles is 1. The first kappa shape index (κ1) is 12.4. The summed E-state index contributed by atoms with van der Waals surface area (Å²) in [5.41, 5.74) is 1.03. The zero-order chi connectivity index (χ0) is 13.1. The number of halogens is 1. The Kier molecular flexibility index (Phi) is 3.49. The van der Waals surface area contributed by atoms with Crippen molar-refractivity contribution in [2.75, 3.05) is 7.11 Å². The zero-order valence-electron chi connectivity index (χ0n) is 9.44. The molecule has 1 aromatic heterocycles. The van der Waals surface area contributed by atoms with E-state index in [0.29, 0.717) is 33.4 Å². The summed E-state index contributed by atoms with van der Waals surface area (Å²) in [4.78, 5) is 10.6. The number of hydrogen-bond acceptors (Lipinski definition) is 4. The monoisotopic (exact) mass is 305 g/mol. The average Bonchev–Trinajstić information content (AvgIpc) is 2.87. The van der Waals surface area contributed by atoms with E-state index in [1.165, 1.54) is 7.11 Å². The Hall–Kier alpha value is -2.06. The first-order chi connectivity index (χ1) is 8.69. The molecule has 0 saturated carbocycles. The van der Waals surface area contributed by atoms with Gasteiger partial charge in [-0.3, -0.25) is 4.79 Å². The molecule has 0 aliphatic rings. The molecule has 0 saturated heterocycles. The van der Waals surface area contributed by atoms with Crippen molar-refractivity contribution < 1.29 is 13.9 Å². The van der Waals surface area contributed by atoms with Gasteiger partial charge >= 0.3 is 0 Å². The minimum absolute atomic E-state index is 0.218. The van der Waals surface area contributed by atoms with Gasteiger partial charge in [0.25, 0.3) is 0 Å². The molecule has 0 N–H and O–H groups in total. The van der Waals surface area contributed by atoms with E-state index < -0.39 is 0 Å². The highest BCUT2D eigenvalue weighted by atomic mass is 79.9. The number of ether oxygens (including phenoxy) is 1. The van der Waals surface area contributed by atoms with Gasteiger partial charge in [0.1, 0.15) is 11.5 Å². The molecule has 0 atom stereocenters. The van der Waals surface area contributed by atoms with E-state index in [0.717, 1.165) is 0 Å². The Bertz CT molecular complexity index is 640. The molecule has 1 aromatic carbocycles. The van der Waals surface area contributed by atoms with E-state index >= 15 is 0 Å². The van der Waals surface area contributed by atoms with Crippen LogP contribution in [-0.4, -0.2) is 13.4 Å². The Morgan fingerprint density at radius 3 is 2.78 bits per heavy atom. The number of carbonyl (C=O) groups excluding carboxylic acids is 1. The van der Waals surface area contributed by atoms with E-state index in [4.69, 9.17) is 14.4 Å². The number of aldehydes is 1. The van der Waals surface area contributed by atoms with E-state index in [9.17, 15) is 4.79 Å². The van der Waals surface area contributed by atoms with Gasteiger partial charge in [0.15, 0.2) is 12.0 Å². The smallest absolute Gasteiger partial charge is 0.185 e. The first-order valence-electron chi connectivity index (χ1n) is 5.02. The van der Waals surface area contributed by atoms with Gasteiger partial charge in [-0.25, -0.2) is 0 Å². The van der Waals surface area contributed by atoms with Crippen LogP contribution in [-0.2, 0) is 0 Å². The molecule has 0 spiro atoms. The van der Waals surface area contributed by atoms with Crippen LogP contribution in [0.2, 0.25) is 0 Å². The molecule has 0 aliphatic heterocycles. The fraction of sp³-hybridized carbons (Fsp3) is 0.0769. The summed E-state index contributed by atoms with van der Waals surface area (Å²) in [5.74, 6) is 1.27. The van der Waals surface area contributed by atoms with Gasteiger partial charge < -0.3 is 9.15 Å². The fourth-order valence-corrected chi connectivity index (χ4v) is 2.07. The number of benzene rings is 1. The third-order valence-corrected chi connectivity index (χ3v) is 3.04. The van der Waals surface area contributed by atoms with Crippen molar-refractivity contribution in [3.05, 3.63) is 40.1 Å². The molecule has 18 heavy (non-hydrogen) atoms. The maximum absolute atomic E-state index is 10.6. The van der Waals surface area contributed by atoms with Crippen molar-refractivity contribution in [2.24, 2.45) is 0 Å². The normalized spacial score (nSPS) is 9.83. The van der Waals surface area contributed by atoms with Crippen molar-refractivity contribution in [2.45, 2.75) is 0 Å². The average molecular weight is 306 g/mol. The summed E-state index contributed by atoms with van der Waals surface area (Å²) >= 11 is 3.31.